The molecule has 20 heavy (non-hydrogen) atoms. The van der Waals surface area contributed by atoms with Gasteiger partial charge in [0.15, 0.2) is 11.6 Å². The summed E-state index contributed by atoms with van der Waals surface area (Å²) in [7, 11) is 0. The molecule has 0 bridgehead atoms. The van der Waals surface area contributed by atoms with Crippen LogP contribution in [0.2, 0.25) is 0 Å². The van der Waals surface area contributed by atoms with Crippen LogP contribution in [0.5, 0.6) is 0 Å². The molecule has 1 fully saturated rings. The van der Waals surface area contributed by atoms with E-state index in [1.54, 1.807) is 6.07 Å². The molecule has 0 amide bonds. The molecule has 4 nitrogen and oxygen atoms in total. The Hall–Kier alpha value is -1.79. The molecular weight excluding hydrogens is 275 g/mol. The molecule has 0 atom stereocenters. The summed E-state index contributed by atoms with van der Waals surface area (Å²) >= 11 is 1.52. The van der Waals surface area contributed by atoms with Crippen molar-refractivity contribution < 1.29 is 4.39 Å². The Morgan fingerprint density at radius 1 is 1.35 bits per heavy atom. The number of halogens is 1. The van der Waals surface area contributed by atoms with Crippen molar-refractivity contribution in [3.8, 4) is 11.5 Å². The third-order valence-corrected chi connectivity index (χ3v) is 4.41. The summed E-state index contributed by atoms with van der Waals surface area (Å²) in [6.45, 7) is 0.419. The molecular formula is C14H13FN4S. The van der Waals surface area contributed by atoms with E-state index in [4.69, 9.17) is 5.73 Å². The van der Waals surface area contributed by atoms with Crippen LogP contribution in [0.25, 0.3) is 22.6 Å². The summed E-state index contributed by atoms with van der Waals surface area (Å²) in [5.74, 6) is 0.473. The van der Waals surface area contributed by atoms with E-state index < -0.39 is 0 Å². The number of benzene rings is 1. The summed E-state index contributed by atoms with van der Waals surface area (Å²) < 4.78 is 16.1. The normalized spacial score (nSPS) is 15.1. The second-order valence-corrected chi connectivity index (χ2v) is 5.92. The highest BCUT2D eigenvalue weighted by Gasteiger charge is 2.30. The van der Waals surface area contributed by atoms with Gasteiger partial charge >= 0.3 is 0 Å². The van der Waals surface area contributed by atoms with Gasteiger partial charge in [0.1, 0.15) is 16.2 Å². The maximum Gasteiger partial charge on any atom is 0.161 e. The maximum atomic E-state index is 13.9. The minimum absolute atomic E-state index is 0.280. The number of nitrogens with two attached hydrogens (primary N) is 1. The number of nitrogens with zero attached hydrogens (tertiary/aromatic N) is 3. The van der Waals surface area contributed by atoms with Crippen molar-refractivity contribution in [3.05, 3.63) is 34.4 Å². The summed E-state index contributed by atoms with van der Waals surface area (Å²) in [5.41, 5.74) is 7.68. The van der Waals surface area contributed by atoms with Gasteiger partial charge in [-0.3, -0.25) is 0 Å². The van der Waals surface area contributed by atoms with Gasteiger partial charge in [0, 0.05) is 18.0 Å². The summed E-state index contributed by atoms with van der Waals surface area (Å²) in [6, 6.07) is 5.51. The number of fused-ring (bicyclic) bond motifs is 1. The van der Waals surface area contributed by atoms with Gasteiger partial charge in [-0.25, -0.2) is 14.4 Å². The van der Waals surface area contributed by atoms with E-state index in [-0.39, 0.29) is 5.82 Å². The standard InChI is InChI=1S/C14H13FN4S/c15-9-2-1-3-11-13(9)18-14(19(11)8-4-5-8)10-7-20-12(6-16)17-10/h1-3,7-8H,4-6,16H2. The Morgan fingerprint density at radius 2 is 2.20 bits per heavy atom. The van der Waals surface area contributed by atoms with Crippen LogP contribution in [0.15, 0.2) is 23.6 Å². The second kappa shape index (κ2) is 4.36. The fraction of sp³-hybridized carbons (Fsp3) is 0.286. The Labute approximate surface area is 119 Å². The summed E-state index contributed by atoms with van der Waals surface area (Å²) in [5, 5.41) is 2.81. The number of para-hydroxylation sites is 1. The van der Waals surface area contributed by atoms with E-state index >= 15 is 0 Å². The van der Waals surface area contributed by atoms with Crippen molar-refractivity contribution in [2.24, 2.45) is 5.73 Å². The Bertz CT molecular complexity index is 788. The van der Waals surface area contributed by atoms with Crippen LogP contribution in [0, 0.1) is 5.82 Å². The molecule has 0 saturated heterocycles. The zero-order valence-corrected chi connectivity index (χ0v) is 11.5. The van der Waals surface area contributed by atoms with Crippen LogP contribution in [-0.2, 0) is 6.54 Å². The van der Waals surface area contributed by atoms with E-state index in [9.17, 15) is 4.39 Å². The molecule has 1 aliphatic carbocycles. The number of rotatable bonds is 3. The number of imidazole rings is 1. The molecule has 1 aromatic carbocycles. The van der Waals surface area contributed by atoms with E-state index in [0.29, 0.717) is 18.1 Å². The zero-order chi connectivity index (χ0) is 13.7. The minimum atomic E-state index is -0.280. The number of hydrogen-bond donors (Lipinski definition) is 1. The van der Waals surface area contributed by atoms with Gasteiger partial charge in [0.2, 0.25) is 0 Å². The van der Waals surface area contributed by atoms with Crippen molar-refractivity contribution in [3.63, 3.8) is 0 Å². The van der Waals surface area contributed by atoms with Gasteiger partial charge in [-0.1, -0.05) is 6.07 Å². The molecule has 3 aromatic rings. The minimum Gasteiger partial charge on any atom is -0.325 e. The van der Waals surface area contributed by atoms with Crippen LogP contribution in [0.1, 0.15) is 23.9 Å². The Kier molecular flexibility index (Phi) is 2.61. The van der Waals surface area contributed by atoms with Crippen LogP contribution in [0.3, 0.4) is 0 Å². The highest BCUT2D eigenvalue weighted by Crippen LogP contribution is 2.41. The van der Waals surface area contributed by atoms with Crippen molar-refractivity contribution in [2.75, 3.05) is 0 Å². The SMILES string of the molecule is NCc1nc(-c2nc3c(F)cccc3n2C2CC2)cs1. The smallest absolute Gasteiger partial charge is 0.161 e. The van der Waals surface area contributed by atoms with E-state index in [0.717, 1.165) is 34.9 Å². The van der Waals surface area contributed by atoms with Crippen LogP contribution >= 0.6 is 11.3 Å². The third kappa shape index (κ3) is 1.76. The Morgan fingerprint density at radius 3 is 2.90 bits per heavy atom. The Balaban J connectivity index is 1.98. The van der Waals surface area contributed by atoms with Crippen molar-refractivity contribution in [1.82, 2.24) is 14.5 Å². The largest absolute Gasteiger partial charge is 0.325 e. The number of thiazole rings is 1. The molecule has 4 rings (SSSR count). The fourth-order valence-electron chi connectivity index (χ4n) is 2.47. The molecule has 2 aromatic heterocycles. The van der Waals surface area contributed by atoms with Crippen LogP contribution in [0.4, 0.5) is 4.39 Å². The molecule has 0 radical (unpaired) electrons. The van der Waals surface area contributed by atoms with Crippen LogP contribution < -0.4 is 5.73 Å². The molecule has 1 aliphatic rings. The lowest BCUT2D eigenvalue weighted by Crippen LogP contribution is -1.99. The molecule has 6 heteroatoms. The van der Waals surface area contributed by atoms with Crippen molar-refractivity contribution in [1.29, 1.82) is 0 Å². The monoisotopic (exact) mass is 288 g/mol. The van der Waals surface area contributed by atoms with Crippen molar-refractivity contribution in [2.45, 2.75) is 25.4 Å². The molecule has 2 N–H and O–H groups in total. The van der Waals surface area contributed by atoms with Gasteiger partial charge in [-0.15, -0.1) is 11.3 Å². The van der Waals surface area contributed by atoms with Gasteiger partial charge in [0.05, 0.1) is 5.52 Å². The first-order chi connectivity index (χ1) is 9.78. The lowest BCUT2D eigenvalue weighted by Gasteiger charge is -2.05. The van der Waals surface area contributed by atoms with E-state index in [2.05, 4.69) is 14.5 Å². The molecule has 0 unspecified atom stereocenters. The van der Waals surface area contributed by atoms with E-state index in [1.165, 1.54) is 17.4 Å². The second-order valence-electron chi connectivity index (χ2n) is 4.97. The quantitative estimate of drug-likeness (QED) is 0.805. The first kappa shape index (κ1) is 12.0. The number of aromatic nitrogens is 3. The third-order valence-electron chi connectivity index (χ3n) is 3.54. The number of hydrogen-bond acceptors (Lipinski definition) is 4. The summed E-state index contributed by atoms with van der Waals surface area (Å²) in [4.78, 5) is 8.97. The predicted molar refractivity (Wildman–Crippen MR) is 77.0 cm³/mol. The highest BCUT2D eigenvalue weighted by atomic mass is 32.1. The van der Waals surface area contributed by atoms with Gasteiger partial charge < -0.3 is 10.3 Å². The fourth-order valence-corrected chi connectivity index (χ4v) is 3.13. The maximum absolute atomic E-state index is 13.9. The lowest BCUT2D eigenvalue weighted by molar-refractivity contribution is 0.637. The van der Waals surface area contributed by atoms with Crippen molar-refractivity contribution >= 4 is 22.4 Å². The molecule has 1 saturated carbocycles. The average molecular weight is 288 g/mol. The highest BCUT2D eigenvalue weighted by molar-refractivity contribution is 7.09. The first-order valence-corrected chi connectivity index (χ1v) is 7.47. The lowest BCUT2D eigenvalue weighted by atomic mass is 10.3. The predicted octanol–water partition coefficient (Wildman–Crippen LogP) is 3.09. The first-order valence-electron chi connectivity index (χ1n) is 6.59. The summed E-state index contributed by atoms with van der Waals surface area (Å²) in [6.07, 6.45) is 2.23. The average Bonchev–Trinajstić information content (AvgIpc) is 3.04. The molecule has 0 spiro atoms. The molecule has 102 valence electrons. The van der Waals surface area contributed by atoms with Gasteiger partial charge in [-0.05, 0) is 25.0 Å². The molecule has 0 aliphatic heterocycles. The zero-order valence-electron chi connectivity index (χ0n) is 10.7. The van der Waals surface area contributed by atoms with Gasteiger partial charge in [0.25, 0.3) is 0 Å². The van der Waals surface area contributed by atoms with Crippen LogP contribution in [-0.4, -0.2) is 14.5 Å². The van der Waals surface area contributed by atoms with Gasteiger partial charge in [-0.2, -0.15) is 0 Å². The molecule has 2 heterocycles. The topological polar surface area (TPSA) is 56.7 Å². The van der Waals surface area contributed by atoms with E-state index in [1.807, 2.05) is 11.4 Å².